The lowest BCUT2D eigenvalue weighted by Gasteiger charge is -2.38. The number of nitrogens with zero attached hydrogens (tertiary/aromatic N) is 2. The van der Waals surface area contributed by atoms with Crippen molar-refractivity contribution in [3.8, 4) is 0 Å². The zero-order valence-corrected chi connectivity index (χ0v) is 8.48. The molecule has 1 aliphatic heterocycles. The molecule has 3 heteroatoms. The van der Waals surface area contributed by atoms with E-state index in [0.29, 0.717) is 12.5 Å². The third-order valence-electron chi connectivity index (χ3n) is 2.67. The summed E-state index contributed by atoms with van der Waals surface area (Å²) >= 11 is 0. The summed E-state index contributed by atoms with van der Waals surface area (Å²) in [4.78, 5) is 6.58. The molecule has 0 aromatic carbocycles. The van der Waals surface area contributed by atoms with Gasteiger partial charge in [0.15, 0.2) is 0 Å². The number of hydrogen-bond acceptors (Lipinski definition) is 3. The van der Waals surface area contributed by atoms with Gasteiger partial charge in [0.05, 0.1) is 0 Å². The molecular weight excluding hydrogens is 176 g/mol. The van der Waals surface area contributed by atoms with E-state index in [9.17, 15) is 0 Å². The molecule has 0 amide bonds. The summed E-state index contributed by atoms with van der Waals surface area (Å²) < 4.78 is 0. The van der Waals surface area contributed by atoms with Crippen molar-refractivity contribution in [3.63, 3.8) is 0 Å². The topological polar surface area (TPSA) is 36.4 Å². The fraction of sp³-hybridized carbons (Fsp3) is 0.545. The minimum absolute atomic E-state index is 0.322. The van der Waals surface area contributed by atoms with E-state index < -0.39 is 0 Å². The Kier molecular flexibility index (Phi) is 2.79. The second kappa shape index (κ2) is 4.07. The molecule has 1 aromatic heterocycles. The van der Waals surface area contributed by atoms with Crippen LogP contribution in [0.1, 0.15) is 11.3 Å². The highest BCUT2D eigenvalue weighted by Crippen LogP contribution is 2.17. The van der Waals surface area contributed by atoms with Crippen molar-refractivity contribution < 1.29 is 5.11 Å². The molecular formula is C11H16N2O. The van der Waals surface area contributed by atoms with Crippen LogP contribution >= 0.6 is 0 Å². The zero-order chi connectivity index (χ0) is 9.97. The monoisotopic (exact) mass is 192 g/mol. The van der Waals surface area contributed by atoms with E-state index in [0.717, 1.165) is 25.3 Å². The molecule has 0 radical (unpaired) electrons. The van der Waals surface area contributed by atoms with Gasteiger partial charge < -0.3 is 5.11 Å². The molecule has 0 unspecified atom stereocenters. The predicted molar refractivity (Wildman–Crippen MR) is 54.8 cm³/mol. The zero-order valence-electron chi connectivity index (χ0n) is 8.48. The fourth-order valence-electron chi connectivity index (χ4n) is 1.77. The largest absolute Gasteiger partial charge is 0.396 e. The summed E-state index contributed by atoms with van der Waals surface area (Å²) in [6, 6.07) is 4.16. The van der Waals surface area contributed by atoms with E-state index in [4.69, 9.17) is 5.11 Å². The van der Waals surface area contributed by atoms with Crippen LogP contribution in [-0.2, 0) is 6.54 Å². The van der Waals surface area contributed by atoms with E-state index in [1.54, 1.807) is 0 Å². The second-order valence-corrected chi connectivity index (χ2v) is 4.05. The minimum atomic E-state index is 0.322. The highest BCUT2D eigenvalue weighted by atomic mass is 16.3. The number of pyridine rings is 1. The van der Waals surface area contributed by atoms with Crippen LogP contribution in [0.5, 0.6) is 0 Å². The molecule has 1 N–H and O–H groups in total. The first-order chi connectivity index (χ1) is 6.78. The van der Waals surface area contributed by atoms with Gasteiger partial charge in [0.25, 0.3) is 0 Å². The van der Waals surface area contributed by atoms with Crippen LogP contribution in [0, 0.1) is 12.8 Å². The molecule has 3 nitrogen and oxygen atoms in total. The summed E-state index contributed by atoms with van der Waals surface area (Å²) in [6.07, 6.45) is 1.93. The maximum atomic E-state index is 8.87. The Labute approximate surface area is 84.4 Å². The van der Waals surface area contributed by atoms with Crippen molar-refractivity contribution in [2.75, 3.05) is 19.7 Å². The van der Waals surface area contributed by atoms with Crippen molar-refractivity contribution in [1.82, 2.24) is 9.88 Å². The number of likely N-dealkylation sites (tertiary alicyclic amines) is 1. The Morgan fingerprint density at radius 1 is 1.50 bits per heavy atom. The first-order valence-corrected chi connectivity index (χ1v) is 5.02. The van der Waals surface area contributed by atoms with E-state index in [1.165, 1.54) is 5.56 Å². The molecule has 0 saturated carbocycles. The molecule has 2 rings (SSSR count). The van der Waals surface area contributed by atoms with Gasteiger partial charge >= 0.3 is 0 Å². The van der Waals surface area contributed by atoms with E-state index >= 15 is 0 Å². The Morgan fingerprint density at radius 3 is 2.86 bits per heavy atom. The van der Waals surface area contributed by atoms with Gasteiger partial charge in [-0.2, -0.15) is 0 Å². The summed E-state index contributed by atoms with van der Waals surface area (Å²) in [5.74, 6) is 0.494. The Balaban J connectivity index is 1.84. The van der Waals surface area contributed by atoms with Crippen molar-refractivity contribution in [3.05, 3.63) is 29.6 Å². The molecule has 0 spiro atoms. The molecule has 1 fully saturated rings. The Morgan fingerprint density at radius 2 is 2.29 bits per heavy atom. The lowest BCUT2D eigenvalue weighted by Crippen LogP contribution is -2.47. The molecule has 0 bridgehead atoms. The highest BCUT2D eigenvalue weighted by molar-refractivity contribution is 5.13. The molecule has 14 heavy (non-hydrogen) atoms. The van der Waals surface area contributed by atoms with E-state index in [-0.39, 0.29) is 0 Å². The standard InChI is InChI=1S/C11H16N2O/c1-9-2-3-10(4-12-9)5-13-6-11(7-13)8-14/h2-4,11,14H,5-8H2,1H3. The van der Waals surface area contributed by atoms with Gasteiger partial charge in [-0.05, 0) is 18.6 Å². The normalized spacial score (nSPS) is 18.1. The predicted octanol–water partition coefficient (Wildman–Crippen LogP) is 0.814. The van der Waals surface area contributed by atoms with Crippen LogP contribution in [0.25, 0.3) is 0 Å². The minimum Gasteiger partial charge on any atom is -0.396 e. The molecule has 0 atom stereocenters. The molecule has 76 valence electrons. The lowest BCUT2D eigenvalue weighted by molar-refractivity contribution is 0.0478. The van der Waals surface area contributed by atoms with Gasteiger partial charge in [-0.15, -0.1) is 0 Å². The first-order valence-electron chi connectivity index (χ1n) is 5.02. The molecule has 1 saturated heterocycles. The van der Waals surface area contributed by atoms with Gasteiger partial charge in [-0.25, -0.2) is 0 Å². The van der Waals surface area contributed by atoms with Crippen LogP contribution in [0.4, 0.5) is 0 Å². The van der Waals surface area contributed by atoms with Gasteiger partial charge in [0.1, 0.15) is 0 Å². The number of aromatic nitrogens is 1. The van der Waals surface area contributed by atoms with Gasteiger partial charge in [0, 0.05) is 44.0 Å². The lowest BCUT2D eigenvalue weighted by atomic mass is 10.0. The van der Waals surface area contributed by atoms with Crippen molar-refractivity contribution in [2.24, 2.45) is 5.92 Å². The average Bonchev–Trinajstić information content (AvgIpc) is 2.13. The maximum absolute atomic E-state index is 8.87. The summed E-state index contributed by atoms with van der Waals surface area (Å²) in [5, 5.41) is 8.87. The number of aliphatic hydroxyl groups is 1. The number of aryl methyl sites for hydroxylation is 1. The summed E-state index contributed by atoms with van der Waals surface area (Å²) in [6.45, 7) is 5.32. The number of rotatable bonds is 3. The third kappa shape index (κ3) is 2.11. The van der Waals surface area contributed by atoms with Crippen molar-refractivity contribution in [1.29, 1.82) is 0 Å². The first kappa shape index (κ1) is 9.62. The smallest absolute Gasteiger partial charge is 0.0483 e. The highest BCUT2D eigenvalue weighted by Gasteiger charge is 2.25. The molecule has 0 aliphatic carbocycles. The van der Waals surface area contributed by atoms with Crippen LogP contribution in [0.3, 0.4) is 0 Å². The maximum Gasteiger partial charge on any atom is 0.0483 e. The fourth-order valence-corrected chi connectivity index (χ4v) is 1.77. The Hall–Kier alpha value is -0.930. The van der Waals surface area contributed by atoms with Gasteiger partial charge in [0.2, 0.25) is 0 Å². The molecule has 2 heterocycles. The van der Waals surface area contributed by atoms with E-state index in [2.05, 4.69) is 16.0 Å². The number of aliphatic hydroxyl groups excluding tert-OH is 1. The van der Waals surface area contributed by atoms with Crippen molar-refractivity contribution >= 4 is 0 Å². The van der Waals surface area contributed by atoms with Crippen LogP contribution < -0.4 is 0 Å². The second-order valence-electron chi connectivity index (χ2n) is 4.05. The quantitative estimate of drug-likeness (QED) is 0.770. The van der Waals surface area contributed by atoms with Crippen molar-refractivity contribution in [2.45, 2.75) is 13.5 Å². The van der Waals surface area contributed by atoms with Crippen LogP contribution in [-0.4, -0.2) is 34.7 Å². The van der Waals surface area contributed by atoms with E-state index in [1.807, 2.05) is 19.2 Å². The van der Waals surface area contributed by atoms with Crippen LogP contribution in [0.2, 0.25) is 0 Å². The SMILES string of the molecule is Cc1ccc(CN2CC(CO)C2)cn1. The Bertz CT molecular complexity index is 291. The summed E-state index contributed by atoms with van der Waals surface area (Å²) in [5.41, 5.74) is 2.32. The molecule has 1 aromatic rings. The third-order valence-corrected chi connectivity index (χ3v) is 2.67. The average molecular weight is 192 g/mol. The molecule has 1 aliphatic rings. The van der Waals surface area contributed by atoms with Gasteiger partial charge in [-0.1, -0.05) is 6.07 Å². The van der Waals surface area contributed by atoms with Crippen LogP contribution in [0.15, 0.2) is 18.3 Å². The number of hydrogen-bond donors (Lipinski definition) is 1. The van der Waals surface area contributed by atoms with Gasteiger partial charge in [-0.3, -0.25) is 9.88 Å². The summed E-state index contributed by atoms with van der Waals surface area (Å²) in [7, 11) is 0.